The van der Waals surface area contributed by atoms with Crippen molar-refractivity contribution in [1.82, 2.24) is 9.80 Å². The number of anilines is 1. The maximum Gasteiger partial charge on any atom is 0.253 e. The summed E-state index contributed by atoms with van der Waals surface area (Å²) in [6, 6.07) is 15.8. The van der Waals surface area contributed by atoms with Crippen molar-refractivity contribution < 1.29 is 24.2 Å². The van der Waals surface area contributed by atoms with Gasteiger partial charge in [-0.05, 0) is 68.4 Å². The molecule has 2 bridgehead atoms. The van der Waals surface area contributed by atoms with Crippen LogP contribution in [0.4, 0.5) is 5.69 Å². The molecule has 0 radical (unpaired) electrons. The van der Waals surface area contributed by atoms with Crippen molar-refractivity contribution in [1.29, 1.82) is 0 Å². The Balaban J connectivity index is 1.57. The number of nitrogens with zero attached hydrogens (tertiary/aromatic N) is 3. The van der Waals surface area contributed by atoms with E-state index in [1.807, 2.05) is 37.3 Å². The van der Waals surface area contributed by atoms with Crippen molar-refractivity contribution >= 4 is 35.0 Å². The van der Waals surface area contributed by atoms with Gasteiger partial charge in [0.05, 0.1) is 17.4 Å². The number of hydrogen-bond donors (Lipinski definition) is 1. The van der Waals surface area contributed by atoms with Crippen molar-refractivity contribution in [3.05, 3.63) is 90.5 Å². The van der Waals surface area contributed by atoms with E-state index in [-0.39, 0.29) is 36.8 Å². The highest BCUT2D eigenvalue weighted by Gasteiger charge is 2.80. The molecule has 0 saturated carbocycles. The smallest absolute Gasteiger partial charge is 0.253 e. The van der Waals surface area contributed by atoms with E-state index >= 15 is 0 Å². The Morgan fingerprint density at radius 2 is 1.73 bits per heavy atom. The predicted octanol–water partition coefficient (Wildman–Crippen LogP) is 5.25. The topological polar surface area (TPSA) is 90.4 Å². The predicted molar refractivity (Wildman–Crippen MR) is 175 cm³/mol. The van der Waals surface area contributed by atoms with E-state index in [9.17, 15) is 19.5 Å². The molecule has 8 nitrogen and oxygen atoms in total. The molecule has 3 saturated heterocycles. The van der Waals surface area contributed by atoms with Gasteiger partial charge in [0.2, 0.25) is 11.8 Å². The Morgan fingerprint density at radius 3 is 2.38 bits per heavy atom. The number of aliphatic hydroxyl groups is 1. The molecule has 3 heterocycles. The first kappa shape index (κ1) is 32.9. The van der Waals surface area contributed by atoms with Gasteiger partial charge in [-0.1, -0.05) is 61.0 Å². The highest BCUT2D eigenvalue weighted by atomic mass is 35.5. The first-order chi connectivity index (χ1) is 21.6. The fourth-order valence-electron chi connectivity index (χ4n) is 7.81. The Morgan fingerprint density at radius 1 is 1.04 bits per heavy atom. The van der Waals surface area contributed by atoms with Crippen LogP contribution in [-0.4, -0.2) is 76.1 Å². The van der Waals surface area contributed by atoms with Crippen molar-refractivity contribution in [2.75, 3.05) is 31.1 Å². The Hall–Kier alpha value is -3.46. The van der Waals surface area contributed by atoms with Gasteiger partial charge >= 0.3 is 0 Å². The Labute approximate surface area is 271 Å². The minimum Gasteiger partial charge on any atom is -0.396 e. The number of unbranched alkanes of at least 4 members (excludes halogenated alkanes) is 2. The summed E-state index contributed by atoms with van der Waals surface area (Å²) in [7, 11) is 0. The van der Waals surface area contributed by atoms with E-state index in [1.54, 1.807) is 51.1 Å². The number of benzene rings is 2. The number of aliphatic hydroxyl groups excluding tert-OH is 1. The van der Waals surface area contributed by atoms with Crippen LogP contribution in [0.3, 0.4) is 0 Å². The minimum absolute atomic E-state index is 0.0582. The molecule has 1 N–H and O–H groups in total. The average Bonchev–Trinajstić information content (AvgIpc) is 3.54. The van der Waals surface area contributed by atoms with Gasteiger partial charge in [0, 0.05) is 43.5 Å². The number of ether oxygens (including phenoxy) is 1. The molecule has 9 heteroatoms. The van der Waals surface area contributed by atoms with Crippen molar-refractivity contribution in [3.63, 3.8) is 0 Å². The molecule has 0 aromatic heterocycles. The van der Waals surface area contributed by atoms with Gasteiger partial charge in [0.25, 0.3) is 5.91 Å². The Kier molecular flexibility index (Phi) is 9.87. The summed E-state index contributed by atoms with van der Waals surface area (Å²) >= 11 is 6.17. The zero-order chi connectivity index (χ0) is 32.4. The highest BCUT2D eigenvalue weighted by Crippen LogP contribution is 2.65. The molecule has 240 valence electrons. The van der Waals surface area contributed by atoms with Crippen LogP contribution in [0.1, 0.15) is 45.1 Å². The lowest BCUT2D eigenvalue weighted by atomic mass is 9.62. The number of fused-ring (bicyclic) bond motifs is 1. The van der Waals surface area contributed by atoms with Crippen LogP contribution in [0.25, 0.3) is 0 Å². The molecule has 3 fully saturated rings. The SMILES string of the molecule is C=CCN(Cc1ccccc1)C(=O)[C@@H]1[C@H]2C(=O)N(CCCCCO)C(C(=O)N(CC=C)c3ccc(Cl)cc3)C23CC(C)[C@@]1(C)O3. The number of carbonyl (C=O) groups excluding carboxylic acids is 3. The standard InChI is InChI=1S/C36H44ClN3O5/c1-5-19-38(24-26-13-9-7-10-14-26)32(42)29-30-33(43)40(21-11-8-12-22-41)31(36(30)23-25(3)35(29,4)45-36)34(44)39(20-6-2)28-17-15-27(37)16-18-28/h5-7,9-10,13-18,25,29-31,41H,1-2,8,11-12,19-24H2,3-4H3/t25?,29-,30-,31?,35+,36?/m0/s1. The summed E-state index contributed by atoms with van der Waals surface area (Å²) in [5.41, 5.74) is -0.489. The third kappa shape index (κ3) is 5.84. The summed E-state index contributed by atoms with van der Waals surface area (Å²) in [5.74, 6) is -2.31. The molecule has 3 unspecified atom stereocenters. The fourth-order valence-corrected chi connectivity index (χ4v) is 7.94. The van der Waals surface area contributed by atoms with E-state index in [0.717, 1.165) is 5.56 Å². The lowest BCUT2D eigenvalue weighted by Gasteiger charge is -2.39. The molecule has 0 aliphatic carbocycles. The summed E-state index contributed by atoms with van der Waals surface area (Å²) in [5, 5.41) is 9.92. The number of likely N-dealkylation sites (tertiary alicyclic amines) is 1. The van der Waals surface area contributed by atoms with Gasteiger partial charge in [-0.3, -0.25) is 14.4 Å². The van der Waals surface area contributed by atoms with E-state index < -0.39 is 29.1 Å². The highest BCUT2D eigenvalue weighted by molar-refractivity contribution is 6.30. The molecular weight excluding hydrogens is 590 g/mol. The second-order valence-electron chi connectivity index (χ2n) is 12.7. The van der Waals surface area contributed by atoms with Gasteiger partial charge in [0.15, 0.2) is 0 Å². The van der Waals surface area contributed by atoms with Crippen LogP contribution < -0.4 is 4.90 Å². The molecule has 3 amide bonds. The molecule has 6 atom stereocenters. The molecule has 1 spiro atoms. The molecule has 3 aliphatic heterocycles. The first-order valence-electron chi connectivity index (χ1n) is 15.9. The summed E-state index contributed by atoms with van der Waals surface area (Å²) in [6.07, 6.45) is 5.76. The third-order valence-corrected chi connectivity index (χ3v) is 10.2. The van der Waals surface area contributed by atoms with E-state index in [2.05, 4.69) is 20.1 Å². The van der Waals surface area contributed by atoms with Crippen LogP contribution >= 0.6 is 11.6 Å². The molecule has 2 aromatic rings. The molecule has 5 rings (SSSR count). The maximum absolute atomic E-state index is 14.8. The van der Waals surface area contributed by atoms with E-state index in [0.29, 0.717) is 56.0 Å². The van der Waals surface area contributed by atoms with Crippen molar-refractivity contribution in [2.24, 2.45) is 17.8 Å². The Bertz CT molecular complexity index is 1420. The average molecular weight is 634 g/mol. The number of carbonyl (C=O) groups is 3. The number of amides is 3. The number of rotatable bonds is 14. The third-order valence-electron chi connectivity index (χ3n) is 9.97. The number of hydrogen-bond acceptors (Lipinski definition) is 5. The van der Waals surface area contributed by atoms with E-state index in [4.69, 9.17) is 16.3 Å². The quantitative estimate of drug-likeness (QED) is 0.227. The van der Waals surface area contributed by atoms with Crippen molar-refractivity contribution in [2.45, 2.75) is 63.3 Å². The summed E-state index contributed by atoms with van der Waals surface area (Å²) in [4.78, 5) is 49.0. The van der Waals surface area contributed by atoms with Gasteiger partial charge in [-0.2, -0.15) is 0 Å². The minimum atomic E-state index is -1.17. The lowest BCUT2D eigenvalue weighted by molar-refractivity contribution is -0.151. The van der Waals surface area contributed by atoms with Crippen LogP contribution in [0.5, 0.6) is 0 Å². The second kappa shape index (κ2) is 13.5. The molecule has 2 aromatic carbocycles. The van der Waals surface area contributed by atoms with E-state index in [1.165, 1.54) is 0 Å². The monoisotopic (exact) mass is 633 g/mol. The lowest BCUT2D eigenvalue weighted by Crippen LogP contribution is -2.57. The zero-order valence-corrected chi connectivity index (χ0v) is 27.0. The van der Waals surface area contributed by atoms with Crippen LogP contribution in [0, 0.1) is 17.8 Å². The summed E-state index contributed by atoms with van der Waals surface area (Å²) < 4.78 is 6.97. The molecule has 3 aliphatic rings. The van der Waals surface area contributed by atoms with Gasteiger partial charge < -0.3 is 24.5 Å². The van der Waals surface area contributed by atoms with Gasteiger partial charge in [0.1, 0.15) is 11.6 Å². The zero-order valence-electron chi connectivity index (χ0n) is 26.2. The first-order valence-corrected chi connectivity index (χ1v) is 16.2. The van der Waals surface area contributed by atoms with Gasteiger partial charge in [-0.25, -0.2) is 0 Å². The second-order valence-corrected chi connectivity index (χ2v) is 13.2. The fraction of sp³-hybridized carbons (Fsp3) is 0.472. The van der Waals surface area contributed by atoms with Crippen molar-refractivity contribution in [3.8, 4) is 0 Å². The largest absolute Gasteiger partial charge is 0.396 e. The van der Waals surface area contributed by atoms with Crippen LogP contribution in [-0.2, 0) is 25.7 Å². The maximum atomic E-state index is 14.8. The molecule has 45 heavy (non-hydrogen) atoms. The van der Waals surface area contributed by atoms with Gasteiger partial charge in [-0.15, -0.1) is 13.2 Å². The van der Waals surface area contributed by atoms with Crippen LogP contribution in [0.15, 0.2) is 79.9 Å². The normalized spacial score (nSPS) is 28.2. The summed E-state index contributed by atoms with van der Waals surface area (Å²) in [6.45, 7) is 13.1. The number of halogens is 1. The molecular formula is C36H44ClN3O5. The van der Waals surface area contributed by atoms with Crippen LogP contribution in [0.2, 0.25) is 5.02 Å².